The fourth-order valence-corrected chi connectivity index (χ4v) is 0.997. The molecule has 0 heterocycles. The van der Waals surface area contributed by atoms with Gasteiger partial charge >= 0.3 is 66.0 Å². The van der Waals surface area contributed by atoms with Gasteiger partial charge in [-0.2, -0.15) is 0 Å². The summed E-state index contributed by atoms with van der Waals surface area (Å²) in [5.41, 5.74) is 0. The van der Waals surface area contributed by atoms with E-state index >= 15 is 0 Å². The van der Waals surface area contributed by atoms with E-state index < -0.39 is 4.40 Å². The number of aliphatic hydroxyl groups is 1. The number of hydrogen-bond acceptors (Lipinski definition) is 2. The van der Waals surface area contributed by atoms with Gasteiger partial charge < -0.3 is 0 Å². The molecule has 0 aliphatic carbocycles. The van der Waals surface area contributed by atoms with E-state index in [0.717, 1.165) is 13.1 Å². The molecule has 9 heavy (non-hydrogen) atoms. The van der Waals surface area contributed by atoms with Crippen LogP contribution in [0.5, 0.6) is 0 Å². The van der Waals surface area contributed by atoms with Crippen LogP contribution >= 0.6 is 0 Å². The van der Waals surface area contributed by atoms with Crippen molar-refractivity contribution in [3.8, 4) is 0 Å². The average molecular weight is 123 g/mol. The maximum atomic E-state index is 9.40. The van der Waals surface area contributed by atoms with Gasteiger partial charge in [0.25, 0.3) is 0 Å². The van der Waals surface area contributed by atoms with Crippen LogP contribution in [0.1, 0.15) is 20.8 Å². The second-order valence-electron chi connectivity index (χ2n) is 2.67. The van der Waals surface area contributed by atoms with Crippen LogP contribution in [0.15, 0.2) is 0 Å². The van der Waals surface area contributed by atoms with Crippen molar-refractivity contribution in [3.63, 3.8) is 0 Å². The van der Waals surface area contributed by atoms with Crippen molar-refractivity contribution in [2.24, 2.45) is 0 Å². The second kappa shape index (κ2) is 3.63. The zero-order chi connectivity index (χ0) is 7.49. The van der Waals surface area contributed by atoms with E-state index in [9.17, 15) is 5.11 Å². The Morgan fingerprint density at radius 3 is 1.78 bits per heavy atom. The van der Waals surface area contributed by atoms with Gasteiger partial charge in [-0.1, -0.05) is 0 Å². The van der Waals surface area contributed by atoms with Gasteiger partial charge in [0.05, 0.1) is 0 Å². The van der Waals surface area contributed by atoms with Gasteiger partial charge in [-0.3, -0.25) is 0 Å². The molecule has 0 bridgehead atoms. The van der Waals surface area contributed by atoms with E-state index in [4.69, 9.17) is 0 Å². The summed E-state index contributed by atoms with van der Waals surface area (Å²) in [5, 5.41) is 9.40. The summed E-state index contributed by atoms with van der Waals surface area (Å²) in [7, 11) is 0. The fourth-order valence-electron chi connectivity index (χ4n) is 0.997. The number of hydrogen-bond donors (Lipinski definition) is 1. The summed E-state index contributed by atoms with van der Waals surface area (Å²) >= 11 is 1.81. The van der Waals surface area contributed by atoms with Crippen molar-refractivity contribution >= 4 is 17.7 Å². The first-order chi connectivity index (χ1) is 4.02. The molecule has 0 rings (SSSR count). The molecule has 0 aliphatic heterocycles. The fraction of sp³-hybridized carbons (Fsp3) is 1.00. The Morgan fingerprint density at radius 1 is 1.44 bits per heavy atom. The molecule has 0 saturated carbocycles. The SMILES string of the molecule is [Li][C](C)(O)N(CC)CC. The Labute approximate surface area is 66.4 Å². The molecule has 0 aromatic carbocycles. The summed E-state index contributed by atoms with van der Waals surface area (Å²) in [4.78, 5) is 1.99. The first-order valence-electron chi connectivity index (χ1n) is 3.49. The minimum absolute atomic E-state index is 0.649. The molecule has 0 saturated heterocycles. The Balaban J connectivity index is 3.79. The zero-order valence-corrected chi connectivity index (χ0v) is 6.81. The summed E-state index contributed by atoms with van der Waals surface area (Å²) in [5.74, 6) is 0. The molecule has 0 spiro atoms. The molecule has 0 radical (unpaired) electrons. The molecular formula is C6H14LiNO. The predicted octanol–water partition coefficient (Wildman–Crippen LogP) is 0.163. The van der Waals surface area contributed by atoms with E-state index in [1.54, 1.807) is 24.6 Å². The quantitative estimate of drug-likeness (QED) is 0.427. The van der Waals surface area contributed by atoms with E-state index in [1.165, 1.54) is 0 Å². The van der Waals surface area contributed by atoms with Crippen LogP contribution < -0.4 is 0 Å². The van der Waals surface area contributed by atoms with Crippen LogP contribution in [-0.2, 0) is 0 Å². The van der Waals surface area contributed by atoms with Crippen molar-refractivity contribution in [2.75, 3.05) is 13.1 Å². The molecule has 0 aromatic rings. The zero-order valence-electron chi connectivity index (χ0n) is 6.81. The molecule has 0 aromatic heterocycles. The van der Waals surface area contributed by atoms with Gasteiger partial charge in [0.2, 0.25) is 0 Å². The number of rotatable bonds is 3. The second-order valence-corrected chi connectivity index (χ2v) is 2.67. The summed E-state index contributed by atoms with van der Waals surface area (Å²) < 4.78 is -0.649. The third-order valence-electron chi connectivity index (χ3n) is 1.54. The van der Waals surface area contributed by atoms with Crippen LogP contribution in [-0.4, -0.2) is 45.2 Å². The molecule has 2 nitrogen and oxygen atoms in total. The predicted molar refractivity (Wildman–Crippen MR) is 39.3 cm³/mol. The van der Waals surface area contributed by atoms with Crippen molar-refractivity contribution in [3.05, 3.63) is 0 Å². The van der Waals surface area contributed by atoms with Crippen LogP contribution in [0.3, 0.4) is 0 Å². The molecule has 1 N–H and O–H groups in total. The average Bonchev–Trinajstić information content (AvgIpc) is 1.65. The Hall–Kier alpha value is 0.517. The van der Waals surface area contributed by atoms with Gasteiger partial charge in [-0.25, -0.2) is 0 Å². The standard InChI is InChI=1S/C6H14NO.Li/c1-4-7(5-2)6(3)8;/h8H,4-5H2,1-3H3;. The third-order valence-corrected chi connectivity index (χ3v) is 1.54. The molecular weight excluding hydrogens is 109 g/mol. The van der Waals surface area contributed by atoms with Crippen molar-refractivity contribution in [2.45, 2.75) is 25.2 Å². The molecule has 1 unspecified atom stereocenters. The van der Waals surface area contributed by atoms with E-state index in [0.29, 0.717) is 0 Å². The molecule has 1 atom stereocenters. The van der Waals surface area contributed by atoms with Gasteiger partial charge in [0, 0.05) is 0 Å². The van der Waals surface area contributed by atoms with Crippen molar-refractivity contribution < 1.29 is 5.11 Å². The third kappa shape index (κ3) is 3.27. The summed E-state index contributed by atoms with van der Waals surface area (Å²) in [6, 6.07) is 0. The minimum atomic E-state index is -0.649. The van der Waals surface area contributed by atoms with Gasteiger partial charge in [0.15, 0.2) is 0 Å². The first-order valence-corrected chi connectivity index (χ1v) is 3.49. The molecule has 50 valence electrons. The van der Waals surface area contributed by atoms with Crippen LogP contribution in [0.25, 0.3) is 0 Å². The van der Waals surface area contributed by atoms with E-state index in [1.807, 2.05) is 18.7 Å². The number of nitrogens with zero attached hydrogens (tertiary/aromatic N) is 1. The van der Waals surface area contributed by atoms with Crippen LogP contribution in [0.4, 0.5) is 0 Å². The van der Waals surface area contributed by atoms with E-state index in [2.05, 4.69) is 0 Å². The van der Waals surface area contributed by atoms with Gasteiger partial charge in [-0.05, 0) is 0 Å². The monoisotopic (exact) mass is 123 g/mol. The normalized spacial score (nSPS) is 18.1. The maximum absolute atomic E-state index is 9.40. The Bertz CT molecular complexity index is 75.6. The van der Waals surface area contributed by atoms with E-state index in [-0.39, 0.29) is 0 Å². The molecule has 0 fully saturated rings. The Kier molecular flexibility index (Phi) is 3.84. The van der Waals surface area contributed by atoms with Crippen molar-refractivity contribution in [1.82, 2.24) is 4.90 Å². The van der Waals surface area contributed by atoms with Crippen LogP contribution in [0, 0.1) is 0 Å². The summed E-state index contributed by atoms with van der Waals surface area (Å²) in [6.45, 7) is 7.70. The molecule has 0 aliphatic rings. The summed E-state index contributed by atoms with van der Waals surface area (Å²) in [6.07, 6.45) is 0. The Morgan fingerprint density at radius 2 is 1.78 bits per heavy atom. The van der Waals surface area contributed by atoms with Gasteiger partial charge in [0.1, 0.15) is 0 Å². The molecule has 3 heteroatoms. The topological polar surface area (TPSA) is 23.5 Å². The van der Waals surface area contributed by atoms with Gasteiger partial charge in [-0.15, -0.1) is 0 Å². The first kappa shape index (κ1) is 9.52. The molecule has 0 amide bonds. The van der Waals surface area contributed by atoms with Crippen LogP contribution in [0.2, 0.25) is 0 Å². The van der Waals surface area contributed by atoms with Crippen molar-refractivity contribution in [1.29, 1.82) is 0 Å².